The first kappa shape index (κ1) is 9.52. The zero-order chi connectivity index (χ0) is 9.80. The summed E-state index contributed by atoms with van der Waals surface area (Å²) in [6.45, 7) is 1.27. The van der Waals surface area contributed by atoms with Gasteiger partial charge in [0.25, 0.3) is 0 Å². The van der Waals surface area contributed by atoms with Crippen LogP contribution < -0.4 is 5.32 Å². The minimum atomic E-state index is -0.128. The van der Waals surface area contributed by atoms with Gasteiger partial charge in [-0.05, 0) is 18.9 Å². The molecule has 2 heterocycles. The highest BCUT2D eigenvalue weighted by molar-refractivity contribution is 5.77. The van der Waals surface area contributed by atoms with Crippen molar-refractivity contribution in [3.63, 3.8) is 0 Å². The summed E-state index contributed by atoms with van der Waals surface area (Å²) >= 11 is 0. The largest absolute Gasteiger partial charge is 0.497 e. The number of cyclic esters (lactones) is 1. The fourth-order valence-corrected chi connectivity index (χ4v) is 1.69. The number of rotatable bonds is 3. The quantitative estimate of drug-likeness (QED) is 0.672. The van der Waals surface area contributed by atoms with E-state index in [1.165, 1.54) is 0 Å². The SMILES string of the molecule is O=C1OCCC1NCC1CCC=CO1. The van der Waals surface area contributed by atoms with E-state index in [1.54, 1.807) is 6.26 Å². The highest BCUT2D eigenvalue weighted by Crippen LogP contribution is 2.11. The van der Waals surface area contributed by atoms with Gasteiger partial charge < -0.3 is 14.8 Å². The van der Waals surface area contributed by atoms with Crippen LogP contribution in [0.1, 0.15) is 19.3 Å². The number of hydrogen-bond donors (Lipinski definition) is 1. The summed E-state index contributed by atoms with van der Waals surface area (Å²) in [5.74, 6) is -0.128. The van der Waals surface area contributed by atoms with Gasteiger partial charge in [-0.25, -0.2) is 0 Å². The standard InChI is InChI=1S/C10H15NO3/c12-10-9(4-6-14-10)11-7-8-3-1-2-5-13-8/h2,5,8-9,11H,1,3-4,6-7H2. The summed E-state index contributed by atoms with van der Waals surface area (Å²) in [4.78, 5) is 11.1. The Morgan fingerprint density at radius 2 is 2.43 bits per heavy atom. The van der Waals surface area contributed by atoms with Crippen molar-refractivity contribution < 1.29 is 14.3 Å². The summed E-state index contributed by atoms with van der Waals surface area (Å²) in [5, 5.41) is 3.17. The summed E-state index contributed by atoms with van der Waals surface area (Å²) in [6, 6.07) is -0.121. The highest BCUT2D eigenvalue weighted by Gasteiger charge is 2.26. The second kappa shape index (κ2) is 4.46. The van der Waals surface area contributed by atoms with Crippen LogP contribution in [0.25, 0.3) is 0 Å². The Kier molecular flexibility index (Phi) is 3.03. The summed E-state index contributed by atoms with van der Waals surface area (Å²) in [7, 11) is 0. The third-order valence-corrected chi connectivity index (χ3v) is 2.55. The van der Waals surface area contributed by atoms with Gasteiger partial charge in [-0.1, -0.05) is 0 Å². The Morgan fingerprint density at radius 3 is 3.07 bits per heavy atom. The Balaban J connectivity index is 1.71. The first-order chi connectivity index (χ1) is 6.86. The number of esters is 1. The number of hydrogen-bond acceptors (Lipinski definition) is 4. The predicted octanol–water partition coefficient (Wildman–Crippen LogP) is 0.584. The summed E-state index contributed by atoms with van der Waals surface area (Å²) < 4.78 is 10.2. The van der Waals surface area contributed by atoms with Gasteiger partial charge in [-0.3, -0.25) is 4.79 Å². The Morgan fingerprint density at radius 1 is 1.50 bits per heavy atom. The third kappa shape index (κ3) is 2.26. The zero-order valence-electron chi connectivity index (χ0n) is 8.07. The van der Waals surface area contributed by atoms with Crippen molar-refractivity contribution in [3.8, 4) is 0 Å². The van der Waals surface area contributed by atoms with Crippen molar-refractivity contribution in [1.82, 2.24) is 5.32 Å². The van der Waals surface area contributed by atoms with E-state index in [2.05, 4.69) is 5.32 Å². The number of allylic oxidation sites excluding steroid dienone is 1. The van der Waals surface area contributed by atoms with Gasteiger partial charge in [0.15, 0.2) is 0 Å². The summed E-state index contributed by atoms with van der Waals surface area (Å²) in [6.07, 6.45) is 6.81. The number of carbonyl (C=O) groups excluding carboxylic acids is 1. The lowest BCUT2D eigenvalue weighted by molar-refractivity contribution is -0.139. The van der Waals surface area contributed by atoms with Gasteiger partial charge in [-0.2, -0.15) is 0 Å². The number of nitrogens with one attached hydrogen (secondary N) is 1. The Bertz CT molecular complexity index is 240. The molecule has 0 aliphatic carbocycles. The average Bonchev–Trinajstić information content (AvgIpc) is 2.63. The van der Waals surface area contributed by atoms with E-state index in [1.807, 2.05) is 6.08 Å². The molecule has 14 heavy (non-hydrogen) atoms. The van der Waals surface area contributed by atoms with Crippen molar-refractivity contribution in [1.29, 1.82) is 0 Å². The van der Waals surface area contributed by atoms with Crippen LogP contribution >= 0.6 is 0 Å². The maximum Gasteiger partial charge on any atom is 0.323 e. The van der Waals surface area contributed by atoms with Gasteiger partial charge in [0.2, 0.25) is 0 Å². The van der Waals surface area contributed by atoms with Crippen LogP contribution in [-0.4, -0.2) is 31.3 Å². The monoisotopic (exact) mass is 197 g/mol. The Labute approximate surface area is 83.3 Å². The van der Waals surface area contributed by atoms with E-state index < -0.39 is 0 Å². The van der Waals surface area contributed by atoms with Crippen molar-refractivity contribution in [3.05, 3.63) is 12.3 Å². The maximum atomic E-state index is 11.1. The smallest absolute Gasteiger partial charge is 0.323 e. The lowest BCUT2D eigenvalue weighted by Crippen LogP contribution is -2.39. The van der Waals surface area contributed by atoms with Crippen molar-refractivity contribution in [2.45, 2.75) is 31.4 Å². The molecule has 0 aromatic rings. The molecule has 1 saturated heterocycles. The molecule has 0 spiro atoms. The molecule has 2 aliphatic heterocycles. The van der Waals surface area contributed by atoms with Crippen molar-refractivity contribution in [2.24, 2.45) is 0 Å². The van der Waals surface area contributed by atoms with E-state index in [-0.39, 0.29) is 18.1 Å². The van der Waals surface area contributed by atoms with Gasteiger partial charge in [0.1, 0.15) is 12.1 Å². The van der Waals surface area contributed by atoms with Crippen LogP contribution in [0, 0.1) is 0 Å². The van der Waals surface area contributed by atoms with Crippen LogP contribution in [0.4, 0.5) is 0 Å². The minimum Gasteiger partial charge on any atom is -0.497 e. The van der Waals surface area contributed by atoms with Crippen molar-refractivity contribution in [2.75, 3.05) is 13.2 Å². The topological polar surface area (TPSA) is 47.6 Å². The molecule has 0 radical (unpaired) electrons. The van der Waals surface area contributed by atoms with Gasteiger partial charge in [0, 0.05) is 13.0 Å². The molecule has 0 saturated carbocycles. The number of carbonyl (C=O) groups is 1. The molecule has 0 amide bonds. The molecule has 0 aromatic carbocycles. The molecule has 0 aromatic heterocycles. The molecule has 2 atom stereocenters. The molecule has 4 heteroatoms. The molecule has 78 valence electrons. The zero-order valence-corrected chi connectivity index (χ0v) is 8.07. The first-order valence-corrected chi connectivity index (χ1v) is 5.07. The van der Waals surface area contributed by atoms with E-state index in [0.29, 0.717) is 6.61 Å². The van der Waals surface area contributed by atoms with Crippen molar-refractivity contribution >= 4 is 5.97 Å². The molecule has 2 rings (SSSR count). The molecular formula is C10H15NO3. The lowest BCUT2D eigenvalue weighted by Gasteiger charge is -2.20. The summed E-state index contributed by atoms with van der Waals surface area (Å²) in [5.41, 5.74) is 0. The molecule has 1 fully saturated rings. The second-order valence-electron chi connectivity index (χ2n) is 3.62. The van der Waals surface area contributed by atoms with Gasteiger partial charge in [-0.15, -0.1) is 0 Å². The van der Waals surface area contributed by atoms with Crippen LogP contribution in [-0.2, 0) is 14.3 Å². The minimum absolute atomic E-state index is 0.121. The number of ether oxygens (including phenoxy) is 2. The average molecular weight is 197 g/mol. The fraction of sp³-hybridized carbons (Fsp3) is 0.700. The van der Waals surface area contributed by atoms with E-state index >= 15 is 0 Å². The molecule has 0 bridgehead atoms. The van der Waals surface area contributed by atoms with Crippen LogP contribution in [0.3, 0.4) is 0 Å². The molecular weight excluding hydrogens is 182 g/mol. The fourth-order valence-electron chi connectivity index (χ4n) is 1.69. The third-order valence-electron chi connectivity index (χ3n) is 2.55. The van der Waals surface area contributed by atoms with Crippen LogP contribution in [0.5, 0.6) is 0 Å². The van der Waals surface area contributed by atoms with E-state index in [4.69, 9.17) is 9.47 Å². The predicted molar refractivity (Wildman–Crippen MR) is 50.6 cm³/mol. The van der Waals surface area contributed by atoms with Crippen LogP contribution in [0.15, 0.2) is 12.3 Å². The molecule has 4 nitrogen and oxygen atoms in total. The van der Waals surface area contributed by atoms with Gasteiger partial charge in [0.05, 0.1) is 12.9 Å². The van der Waals surface area contributed by atoms with E-state index in [9.17, 15) is 4.79 Å². The second-order valence-corrected chi connectivity index (χ2v) is 3.62. The highest BCUT2D eigenvalue weighted by atomic mass is 16.5. The molecule has 2 unspecified atom stereocenters. The lowest BCUT2D eigenvalue weighted by atomic mass is 10.1. The first-order valence-electron chi connectivity index (χ1n) is 5.07. The van der Waals surface area contributed by atoms with Gasteiger partial charge >= 0.3 is 5.97 Å². The maximum absolute atomic E-state index is 11.1. The molecule has 1 N–H and O–H groups in total. The van der Waals surface area contributed by atoms with Crippen LogP contribution in [0.2, 0.25) is 0 Å². The molecule has 2 aliphatic rings. The van der Waals surface area contributed by atoms with E-state index in [0.717, 1.165) is 25.8 Å². The normalized spacial score (nSPS) is 31.3. The Hall–Kier alpha value is -1.03.